The SMILES string of the molecule is Nc1cccc(C(=O)NCc2ccccc2Cl)c1O. The van der Waals surface area contributed by atoms with Gasteiger partial charge in [0.1, 0.15) is 0 Å². The maximum atomic E-state index is 11.9. The number of halogens is 1. The molecule has 0 saturated heterocycles. The van der Waals surface area contributed by atoms with Crippen LogP contribution in [-0.4, -0.2) is 11.0 Å². The zero-order valence-corrected chi connectivity index (χ0v) is 10.8. The van der Waals surface area contributed by atoms with Crippen LogP contribution < -0.4 is 11.1 Å². The molecule has 4 nitrogen and oxygen atoms in total. The van der Waals surface area contributed by atoms with E-state index in [-0.39, 0.29) is 23.5 Å². The Hall–Kier alpha value is -2.20. The Morgan fingerprint density at radius 2 is 1.95 bits per heavy atom. The number of phenols is 1. The Balaban J connectivity index is 2.10. The van der Waals surface area contributed by atoms with Gasteiger partial charge >= 0.3 is 0 Å². The lowest BCUT2D eigenvalue weighted by atomic mass is 10.1. The van der Waals surface area contributed by atoms with Crippen molar-refractivity contribution in [3.05, 3.63) is 58.6 Å². The van der Waals surface area contributed by atoms with Crippen molar-refractivity contribution in [1.82, 2.24) is 5.32 Å². The molecule has 19 heavy (non-hydrogen) atoms. The number of carbonyl (C=O) groups excluding carboxylic acids is 1. The fourth-order valence-electron chi connectivity index (χ4n) is 1.66. The number of aromatic hydroxyl groups is 1. The van der Waals surface area contributed by atoms with Gasteiger partial charge in [-0.15, -0.1) is 0 Å². The van der Waals surface area contributed by atoms with Gasteiger partial charge in [-0.25, -0.2) is 0 Å². The predicted octanol–water partition coefficient (Wildman–Crippen LogP) is 2.56. The Bertz CT molecular complexity index is 614. The molecule has 0 aliphatic rings. The molecule has 0 atom stereocenters. The highest BCUT2D eigenvalue weighted by atomic mass is 35.5. The van der Waals surface area contributed by atoms with Gasteiger partial charge < -0.3 is 16.2 Å². The average molecular weight is 277 g/mol. The van der Waals surface area contributed by atoms with E-state index in [1.807, 2.05) is 18.2 Å². The number of hydrogen-bond donors (Lipinski definition) is 3. The number of para-hydroxylation sites is 1. The monoisotopic (exact) mass is 276 g/mol. The van der Waals surface area contributed by atoms with Crippen molar-refractivity contribution in [2.24, 2.45) is 0 Å². The molecule has 4 N–H and O–H groups in total. The van der Waals surface area contributed by atoms with Gasteiger partial charge in [-0.3, -0.25) is 4.79 Å². The van der Waals surface area contributed by atoms with Crippen LogP contribution in [0, 0.1) is 0 Å². The van der Waals surface area contributed by atoms with Crippen LogP contribution in [0.4, 0.5) is 5.69 Å². The lowest BCUT2D eigenvalue weighted by Crippen LogP contribution is -2.23. The summed E-state index contributed by atoms with van der Waals surface area (Å²) in [6, 6.07) is 11.9. The first kappa shape index (κ1) is 13.2. The third-order valence-corrected chi connectivity index (χ3v) is 3.08. The molecule has 0 aromatic heterocycles. The number of carbonyl (C=O) groups is 1. The molecular formula is C14H13ClN2O2. The van der Waals surface area contributed by atoms with Gasteiger partial charge in [0.2, 0.25) is 0 Å². The van der Waals surface area contributed by atoms with E-state index in [0.717, 1.165) is 5.56 Å². The first-order chi connectivity index (χ1) is 9.09. The van der Waals surface area contributed by atoms with Gasteiger partial charge in [0.25, 0.3) is 5.91 Å². The third-order valence-electron chi connectivity index (χ3n) is 2.71. The Morgan fingerprint density at radius 3 is 2.68 bits per heavy atom. The van der Waals surface area contributed by atoms with Crippen LogP contribution in [0.1, 0.15) is 15.9 Å². The van der Waals surface area contributed by atoms with E-state index >= 15 is 0 Å². The van der Waals surface area contributed by atoms with Gasteiger partial charge in [-0.1, -0.05) is 35.9 Å². The number of nitrogens with one attached hydrogen (secondary N) is 1. The van der Waals surface area contributed by atoms with Crippen molar-refractivity contribution in [3.8, 4) is 5.75 Å². The highest BCUT2D eigenvalue weighted by Crippen LogP contribution is 2.24. The van der Waals surface area contributed by atoms with E-state index in [1.54, 1.807) is 12.1 Å². The second-order valence-corrected chi connectivity index (χ2v) is 4.42. The van der Waals surface area contributed by atoms with Crippen molar-refractivity contribution in [2.75, 3.05) is 5.73 Å². The van der Waals surface area contributed by atoms with E-state index in [2.05, 4.69) is 5.32 Å². The Labute approximate surface area is 115 Å². The fraction of sp³-hybridized carbons (Fsp3) is 0.0714. The maximum absolute atomic E-state index is 11.9. The van der Waals surface area contributed by atoms with Crippen molar-refractivity contribution in [1.29, 1.82) is 0 Å². The molecular weight excluding hydrogens is 264 g/mol. The molecule has 0 unspecified atom stereocenters. The molecule has 98 valence electrons. The Kier molecular flexibility index (Phi) is 3.92. The maximum Gasteiger partial charge on any atom is 0.255 e. The number of rotatable bonds is 3. The number of nitrogen functional groups attached to an aromatic ring is 1. The van der Waals surface area contributed by atoms with Gasteiger partial charge in [0.05, 0.1) is 11.3 Å². The van der Waals surface area contributed by atoms with Crippen LogP contribution in [-0.2, 0) is 6.54 Å². The van der Waals surface area contributed by atoms with Crippen molar-refractivity contribution in [2.45, 2.75) is 6.54 Å². The van der Waals surface area contributed by atoms with Crippen molar-refractivity contribution >= 4 is 23.2 Å². The van der Waals surface area contributed by atoms with E-state index in [1.165, 1.54) is 12.1 Å². The molecule has 0 aliphatic heterocycles. The summed E-state index contributed by atoms with van der Waals surface area (Å²) >= 11 is 5.99. The van der Waals surface area contributed by atoms with E-state index in [0.29, 0.717) is 5.02 Å². The molecule has 2 aromatic rings. The summed E-state index contributed by atoms with van der Waals surface area (Å²) in [6.07, 6.45) is 0. The van der Waals surface area contributed by atoms with E-state index < -0.39 is 5.91 Å². The topological polar surface area (TPSA) is 75.4 Å². The minimum Gasteiger partial charge on any atom is -0.505 e. The molecule has 2 rings (SSSR count). The minimum atomic E-state index is -0.398. The molecule has 0 bridgehead atoms. The van der Waals surface area contributed by atoms with Crippen LogP contribution in [0.25, 0.3) is 0 Å². The summed E-state index contributed by atoms with van der Waals surface area (Å²) in [5, 5.41) is 13.0. The summed E-state index contributed by atoms with van der Waals surface area (Å²) in [5.41, 5.74) is 6.66. The largest absolute Gasteiger partial charge is 0.505 e. The molecule has 0 saturated carbocycles. The average Bonchev–Trinajstić information content (AvgIpc) is 2.40. The van der Waals surface area contributed by atoms with Crippen LogP contribution >= 0.6 is 11.6 Å². The third kappa shape index (κ3) is 2.98. The van der Waals surface area contributed by atoms with Crippen molar-refractivity contribution in [3.63, 3.8) is 0 Å². The van der Waals surface area contributed by atoms with Crippen LogP contribution in [0.2, 0.25) is 5.02 Å². The Morgan fingerprint density at radius 1 is 1.21 bits per heavy atom. The number of amides is 1. The summed E-state index contributed by atoms with van der Waals surface area (Å²) in [7, 11) is 0. The molecule has 0 spiro atoms. The first-order valence-corrected chi connectivity index (χ1v) is 6.06. The lowest BCUT2D eigenvalue weighted by Gasteiger charge is -2.09. The predicted molar refractivity (Wildman–Crippen MR) is 75.1 cm³/mol. The zero-order valence-electron chi connectivity index (χ0n) is 10.1. The normalized spacial score (nSPS) is 10.2. The second-order valence-electron chi connectivity index (χ2n) is 4.02. The first-order valence-electron chi connectivity index (χ1n) is 5.68. The molecule has 0 fully saturated rings. The summed E-state index contributed by atoms with van der Waals surface area (Å²) in [6.45, 7) is 0.284. The second kappa shape index (κ2) is 5.63. The van der Waals surface area contributed by atoms with Crippen LogP contribution in [0.15, 0.2) is 42.5 Å². The molecule has 1 amide bonds. The molecule has 0 aliphatic carbocycles. The smallest absolute Gasteiger partial charge is 0.255 e. The highest BCUT2D eigenvalue weighted by Gasteiger charge is 2.12. The molecule has 0 heterocycles. The minimum absolute atomic E-state index is 0.145. The summed E-state index contributed by atoms with van der Waals surface area (Å²) < 4.78 is 0. The van der Waals surface area contributed by atoms with Gasteiger partial charge in [-0.2, -0.15) is 0 Å². The number of anilines is 1. The van der Waals surface area contributed by atoms with Gasteiger partial charge in [0, 0.05) is 11.6 Å². The number of nitrogens with two attached hydrogens (primary N) is 1. The fourth-order valence-corrected chi connectivity index (χ4v) is 1.86. The highest BCUT2D eigenvalue weighted by molar-refractivity contribution is 6.31. The van der Waals surface area contributed by atoms with Gasteiger partial charge in [-0.05, 0) is 23.8 Å². The standard InChI is InChI=1S/C14H13ClN2O2/c15-11-6-2-1-4-9(11)8-17-14(19)10-5-3-7-12(16)13(10)18/h1-7,18H,8,16H2,(H,17,19). The lowest BCUT2D eigenvalue weighted by molar-refractivity contribution is 0.0948. The zero-order chi connectivity index (χ0) is 13.8. The number of benzene rings is 2. The number of phenolic OH excluding ortho intramolecular Hbond substituents is 1. The molecule has 0 radical (unpaired) electrons. The van der Waals surface area contributed by atoms with Crippen molar-refractivity contribution < 1.29 is 9.90 Å². The van der Waals surface area contributed by atoms with Gasteiger partial charge in [0.15, 0.2) is 5.75 Å². The molecule has 5 heteroatoms. The number of hydrogen-bond acceptors (Lipinski definition) is 3. The quantitative estimate of drug-likeness (QED) is 0.596. The van der Waals surface area contributed by atoms with E-state index in [9.17, 15) is 9.90 Å². The van der Waals surface area contributed by atoms with Crippen LogP contribution in [0.5, 0.6) is 5.75 Å². The van der Waals surface area contributed by atoms with E-state index in [4.69, 9.17) is 17.3 Å². The summed E-state index contributed by atoms with van der Waals surface area (Å²) in [4.78, 5) is 11.9. The molecule has 2 aromatic carbocycles. The van der Waals surface area contributed by atoms with Crippen LogP contribution in [0.3, 0.4) is 0 Å². The summed E-state index contributed by atoms with van der Waals surface area (Å²) in [5.74, 6) is -0.608.